The minimum absolute atomic E-state index is 0.203. The summed E-state index contributed by atoms with van der Waals surface area (Å²) in [6.07, 6.45) is 22.8. The van der Waals surface area contributed by atoms with Crippen LogP contribution in [0.1, 0.15) is 122 Å². The molecule has 0 aliphatic carbocycles. The molecule has 3 aromatic rings. The number of aliphatic hydroxyl groups excluding tert-OH is 4. The van der Waals surface area contributed by atoms with Crippen LogP contribution in [0.5, 0.6) is 0 Å². The lowest BCUT2D eigenvalue weighted by Crippen LogP contribution is -1.98. The first-order chi connectivity index (χ1) is 23.7. The molecule has 2 aliphatic heterocycles. The Hall–Kier alpha value is -3.56. The van der Waals surface area contributed by atoms with Crippen molar-refractivity contribution in [2.45, 2.75) is 103 Å². The lowest BCUT2D eigenvalue weighted by molar-refractivity contribution is 0.283. The highest BCUT2D eigenvalue weighted by Gasteiger charge is 2.17. The number of hydrogen-bond donors (Lipinski definition) is 6. The summed E-state index contributed by atoms with van der Waals surface area (Å²) >= 11 is 0. The summed E-state index contributed by atoms with van der Waals surface area (Å²) in [5.41, 5.74) is 12.9. The van der Waals surface area contributed by atoms with Gasteiger partial charge in [0.25, 0.3) is 0 Å². The number of hydrogen-bond acceptors (Lipinski definition) is 6. The van der Waals surface area contributed by atoms with Crippen molar-refractivity contribution in [3.8, 4) is 0 Å². The highest BCUT2D eigenvalue weighted by molar-refractivity contribution is 5.83. The van der Waals surface area contributed by atoms with Gasteiger partial charge >= 0.3 is 0 Å². The number of aliphatic hydroxyl groups is 4. The molecule has 258 valence electrons. The van der Waals surface area contributed by atoms with Crippen molar-refractivity contribution in [3.63, 3.8) is 0 Å². The lowest BCUT2D eigenvalue weighted by atomic mass is 10.0. The van der Waals surface area contributed by atoms with Gasteiger partial charge in [0.05, 0.1) is 22.8 Å². The summed E-state index contributed by atoms with van der Waals surface area (Å²) in [5.74, 6) is 0. The number of nitrogens with zero attached hydrogens (tertiary/aromatic N) is 2. The molecule has 5 rings (SSSR count). The fraction of sp³-hybridized carbons (Fsp3) is 0.500. The maximum absolute atomic E-state index is 9.41. The van der Waals surface area contributed by atoms with Gasteiger partial charge in [-0.1, -0.05) is 25.7 Å². The SMILES string of the molecule is OCCCCCc1c2nc(c(CCCCCO)c3ccc([nH]3)c(CCCCCO)c3ccc([nH]3)c(CCCCCO)c3nc1C=C3)C=C2. The standard InChI is InChI=1S/C40H54N4O4/c45-25-9-1-5-13-29-33-17-19-35(41-33)30(14-6-2-10-26-46)37-21-23-39(43-37)32(16-8-4-12-28-48)40-24-22-38(44-40)31(15-7-3-11-27-47)36-20-18-34(29)42-36/h17-24,41-42,45-48H,1-16,25-28H2. The molecule has 0 spiro atoms. The van der Waals surface area contributed by atoms with Crippen LogP contribution in [0.4, 0.5) is 0 Å². The smallest absolute Gasteiger partial charge is 0.0691 e. The molecule has 2 aliphatic rings. The molecule has 5 heterocycles. The van der Waals surface area contributed by atoms with Crippen LogP contribution in [0.2, 0.25) is 0 Å². The average molecular weight is 655 g/mol. The number of H-pyrrole nitrogens is 2. The van der Waals surface area contributed by atoms with Crippen molar-refractivity contribution in [1.82, 2.24) is 19.9 Å². The Morgan fingerprint density at radius 1 is 0.354 bits per heavy atom. The van der Waals surface area contributed by atoms with E-state index in [0.717, 1.165) is 153 Å². The van der Waals surface area contributed by atoms with Gasteiger partial charge in [-0.2, -0.15) is 0 Å². The van der Waals surface area contributed by atoms with Crippen LogP contribution in [-0.4, -0.2) is 66.8 Å². The van der Waals surface area contributed by atoms with Crippen molar-refractivity contribution in [3.05, 3.63) is 69.3 Å². The highest BCUT2D eigenvalue weighted by Crippen LogP contribution is 2.30. The number of unbranched alkanes of at least 4 members (excludes halogenated alkanes) is 8. The first kappa shape index (κ1) is 35.7. The number of rotatable bonds is 20. The monoisotopic (exact) mass is 654 g/mol. The number of nitrogens with one attached hydrogen (secondary N) is 2. The minimum atomic E-state index is 0.203. The van der Waals surface area contributed by atoms with Gasteiger partial charge in [-0.15, -0.1) is 0 Å². The van der Waals surface area contributed by atoms with E-state index < -0.39 is 0 Å². The molecule has 6 N–H and O–H groups in total. The predicted octanol–water partition coefficient (Wildman–Crippen LogP) is 7.48. The zero-order chi connectivity index (χ0) is 33.6. The summed E-state index contributed by atoms with van der Waals surface area (Å²) in [4.78, 5) is 18.1. The summed E-state index contributed by atoms with van der Waals surface area (Å²) < 4.78 is 0. The van der Waals surface area contributed by atoms with Crippen LogP contribution in [0, 0.1) is 0 Å². The molecule has 0 aromatic carbocycles. The zero-order valence-electron chi connectivity index (χ0n) is 28.4. The molecule has 8 bridgehead atoms. The molecular formula is C40H54N4O4. The van der Waals surface area contributed by atoms with Crippen molar-refractivity contribution in [1.29, 1.82) is 0 Å². The first-order valence-electron chi connectivity index (χ1n) is 18.2. The molecule has 48 heavy (non-hydrogen) atoms. The second-order valence-electron chi connectivity index (χ2n) is 13.1. The summed E-state index contributed by atoms with van der Waals surface area (Å²) in [6.45, 7) is 0.828. The molecule has 0 saturated carbocycles. The quantitative estimate of drug-likeness (QED) is 0.0482. The molecule has 3 aromatic heterocycles. The summed E-state index contributed by atoms with van der Waals surface area (Å²) in [6, 6.07) is 8.75. The predicted molar refractivity (Wildman–Crippen MR) is 197 cm³/mol. The van der Waals surface area contributed by atoms with Crippen molar-refractivity contribution < 1.29 is 20.4 Å². The average Bonchev–Trinajstić information content (AvgIpc) is 3.93. The van der Waals surface area contributed by atoms with E-state index >= 15 is 0 Å². The lowest BCUT2D eigenvalue weighted by Gasteiger charge is -2.06. The number of aromatic amines is 2. The Kier molecular flexibility index (Phi) is 14.0. The fourth-order valence-electron chi connectivity index (χ4n) is 6.86. The van der Waals surface area contributed by atoms with Gasteiger partial charge in [-0.3, -0.25) is 0 Å². The Labute approximate surface area is 284 Å². The second-order valence-corrected chi connectivity index (χ2v) is 13.1. The molecule has 0 radical (unpaired) electrons. The minimum Gasteiger partial charge on any atom is -0.396 e. The van der Waals surface area contributed by atoms with Crippen LogP contribution in [-0.2, 0) is 25.7 Å². The summed E-state index contributed by atoms with van der Waals surface area (Å²) in [5, 5.41) is 37.6. The van der Waals surface area contributed by atoms with Gasteiger partial charge in [0, 0.05) is 65.2 Å². The third kappa shape index (κ3) is 9.32. The van der Waals surface area contributed by atoms with Crippen LogP contribution in [0.3, 0.4) is 0 Å². The van der Waals surface area contributed by atoms with Gasteiger partial charge in [-0.05, 0) is 131 Å². The van der Waals surface area contributed by atoms with E-state index in [-0.39, 0.29) is 26.4 Å². The van der Waals surface area contributed by atoms with Crippen molar-refractivity contribution in [2.75, 3.05) is 26.4 Å². The van der Waals surface area contributed by atoms with E-state index in [4.69, 9.17) is 9.97 Å². The van der Waals surface area contributed by atoms with Crippen molar-refractivity contribution >= 4 is 46.4 Å². The fourth-order valence-corrected chi connectivity index (χ4v) is 6.86. The molecule has 8 nitrogen and oxygen atoms in total. The molecule has 0 unspecified atom stereocenters. The zero-order valence-corrected chi connectivity index (χ0v) is 28.4. The third-order valence-electron chi connectivity index (χ3n) is 9.53. The summed E-state index contributed by atoms with van der Waals surface area (Å²) in [7, 11) is 0. The normalized spacial score (nSPS) is 12.4. The maximum atomic E-state index is 9.41. The van der Waals surface area contributed by atoms with Crippen LogP contribution < -0.4 is 0 Å². The van der Waals surface area contributed by atoms with E-state index in [9.17, 15) is 20.4 Å². The highest BCUT2D eigenvalue weighted by atomic mass is 16.3. The molecule has 0 saturated heterocycles. The van der Waals surface area contributed by atoms with Gasteiger partial charge < -0.3 is 30.4 Å². The number of aromatic nitrogens is 4. The Morgan fingerprint density at radius 3 is 1.00 bits per heavy atom. The van der Waals surface area contributed by atoms with Crippen molar-refractivity contribution in [2.24, 2.45) is 0 Å². The molecule has 0 atom stereocenters. The largest absolute Gasteiger partial charge is 0.396 e. The van der Waals surface area contributed by atoms with Gasteiger partial charge in [-0.25, -0.2) is 9.97 Å². The Balaban J connectivity index is 1.75. The topological polar surface area (TPSA) is 138 Å². The first-order valence-corrected chi connectivity index (χ1v) is 18.2. The van der Waals surface area contributed by atoms with Crippen LogP contribution in [0.25, 0.3) is 46.4 Å². The molecule has 8 heteroatoms. The van der Waals surface area contributed by atoms with E-state index in [2.05, 4.69) is 58.5 Å². The maximum Gasteiger partial charge on any atom is 0.0691 e. The van der Waals surface area contributed by atoms with E-state index in [1.165, 1.54) is 16.7 Å². The molecule has 0 fully saturated rings. The van der Waals surface area contributed by atoms with Gasteiger partial charge in [0.2, 0.25) is 0 Å². The van der Waals surface area contributed by atoms with E-state index in [0.29, 0.717) is 0 Å². The van der Waals surface area contributed by atoms with Crippen LogP contribution >= 0.6 is 0 Å². The van der Waals surface area contributed by atoms with E-state index in [1.54, 1.807) is 0 Å². The molecular weight excluding hydrogens is 600 g/mol. The Bertz CT molecular complexity index is 1590. The third-order valence-corrected chi connectivity index (χ3v) is 9.53. The Morgan fingerprint density at radius 2 is 0.646 bits per heavy atom. The second kappa shape index (κ2) is 18.8. The number of aryl methyl sites for hydroxylation is 3. The number of fused-ring (bicyclic) bond motifs is 8. The van der Waals surface area contributed by atoms with Gasteiger partial charge in [0.1, 0.15) is 0 Å². The van der Waals surface area contributed by atoms with Gasteiger partial charge in [0.15, 0.2) is 0 Å². The molecule has 0 amide bonds. The van der Waals surface area contributed by atoms with E-state index in [1.807, 2.05) is 0 Å². The van der Waals surface area contributed by atoms with Crippen LogP contribution in [0.15, 0.2) is 24.3 Å².